The maximum Gasteiger partial charge on any atom is 0.303 e. The molecule has 0 bridgehead atoms. The highest BCUT2D eigenvalue weighted by molar-refractivity contribution is 7.09. The first-order valence-electron chi connectivity index (χ1n) is 14.9. The molecule has 0 radical (unpaired) electrons. The first-order chi connectivity index (χ1) is 21.4. The lowest BCUT2D eigenvalue weighted by atomic mass is 9.84. The monoisotopic (exact) mass is 640 g/mol. The van der Waals surface area contributed by atoms with Crippen molar-refractivity contribution in [1.82, 2.24) is 4.90 Å². The van der Waals surface area contributed by atoms with Gasteiger partial charge in [-0.25, -0.2) is 4.39 Å². The Hall–Kier alpha value is -4.12. The van der Waals surface area contributed by atoms with Gasteiger partial charge in [0.1, 0.15) is 5.84 Å². The molecule has 2 N–H and O–H groups in total. The van der Waals surface area contributed by atoms with Crippen molar-refractivity contribution in [3.8, 4) is 23.0 Å². The van der Waals surface area contributed by atoms with Crippen molar-refractivity contribution in [2.24, 2.45) is 0 Å². The number of methoxy groups -OCH3 is 2. The van der Waals surface area contributed by atoms with Crippen LogP contribution in [0.5, 0.6) is 23.0 Å². The molecule has 2 heterocycles. The fraction of sp³-hybridized carbons (Fsp3) is 0.441. The molecular weight excluding hydrogens is 599 g/mol. The first-order valence-corrected chi connectivity index (χ1v) is 15.8. The van der Waals surface area contributed by atoms with E-state index in [0.29, 0.717) is 48.7 Å². The summed E-state index contributed by atoms with van der Waals surface area (Å²) in [5.41, 5.74) is 1.39. The second kappa shape index (κ2) is 14.8. The van der Waals surface area contributed by atoms with Gasteiger partial charge in [0.05, 0.1) is 39.5 Å². The van der Waals surface area contributed by atoms with Crippen molar-refractivity contribution in [2.75, 3.05) is 34.0 Å². The van der Waals surface area contributed by atoms with Crippen molar-refractivity contribution in [3.05, 3.63) is 68.7 Å². The lowest BCUT2D eigenvalue weighted by Gasteiger charge is -2.26. The van der Waals surface area contributed by atoms with Gasteiger partial charge in [0.15, 0.2) is 34.6 Å². The summed E-state index contributed by atoms with van der Waals surface area (Å²) in [6.45, 7) is 6.79. The number of amidine groups is 1. The van der Waals surface area contributed by atoms with Gasteiger partial charge in [0, 0.05) is 29.0 Å². The zero-order valence-corrected chi connectivity index (χ0v) is 27.3. The van der Waals surface area contributed by atoms with Crippen LogP contribution in [0.15, 0.2) is 35.7 Å². The van der Waals surface area contributed by atoms with E-state index in [9.17, 15) is 9.59 Å². The van der Waals surface area contributed by atoms with E-state index in [4.69, 9.17) is 29.5 Å². The summed E-state index contributed by atoms with van der Waals surface area (Å²) in [5, 5.41) is 19.7. The van der Waals surface area contributed by atoms with Crippen molar-refractivity contribution in [3.63, 3.8) is 0 Å². The molecule has 11 heteroatoms. The predicted octanol–water partition coefficient (Wildman–Crippen LogP) is 6.87. The number of hydrogen-bond donors (Lipinski definition) is 2. The summed E-state index contributed by atoms with van der Waals surface area (Å²) >= 11 is 1.69. The second-order valence-electron chi connectivity index (χ2n) is 11.9. The van der Waals surface area contributed by atoms with Gasteiger partial charge in [-0.3, -0.25) is 15.0 Å². The number of benzene rings is 2. The van der Waals surface area contributed by atoms with Crippen LogP contribution in [0.1, 0.15) is 78.4 Å². The van der Waals surface area contributed by atoms with E-state index >= 15 is 4.39 Å². The Morgan fingerprint density at radius 1 is 1.02 bits per heavy atom. The SMILES string of the molecule is COc1cc2c(c(F)c1OC)C(=N)N(CC(=O)c1cc(OCCCc3cccs3)c(OCCCCC(=O)O)c(C(C)(C)C)c1)C2. The Morgan fingerprint density at radius 3 is 2.42 bits per heavy atom. The van der Waals surface area contributed by atoms with Crippen LogP contribution in [0.4, 0.5) is 4.39 Å². The Kier molecular flexibility index (Phi) is 11.1. The number of carboxylic acid groups (broad SMARTS) is 1. The number of rotatable bonds is 16. The van der Waals surface area contributed by atoms with E-state index < -0.39 is 17.2 Å². The number of halogens is 1. The van der Waals surface area contributed by atoms with Crippen molar-refractivity contribution in [2.45, 2.75) is 64.8 Å². The highest BCUT2D eigenvalue weighted by Crippen LogP contribution is 2.41. The fourth-order valence-corrected chi connectivity index (χ4v) is 5.99. The summed E-state index contributed by atoms with van der Waals surface area (Å²) in [6.07, 6.45) is 2.73. The molecular formula is C34H41FN2O7S. The largest absolute Gasteiger partial charge is 0.493 e. The lowest BCUT2D eigenvalue weighted by molar-refractivity contribution is -0.137. The van der Waals surface area contributed by atoms with Crippen LogP contribution in [0, 0.1) is 11.2 Å². The number of Topliss-reactive ketones (excluding diaryl/α,β-unsaturated/α-hetero) is 1. The molecule has 0 unspecified atom stereocenters. The molecule has 1 aromatic heterocycles. The van der Waals surface area contributed by atoms with Crippen LogP contribution < -0.4 is 18.9 Å². The van der Waals surface area contributed by atoms with Crippen LogP contribution in [0.3, 0.4) is 0 Å². The van der Waals surface area contributed by atoms with Crippen LogP contribution in [0.2, 0.25) is 0 Å². The Balaban J connectivity index is 1.59. The van der Waals surface area contributed by atoms with Crippen molar-refractivity contribution in [1.29, 1.82) is 5.41 Å². The third-order valence-corrected chi connectivity index (χ3v) is 8.50. The molecule has 0 amide bonds. The third kappa shape index (κ3) is 8.13. The highest BCUT2D eigenvalue weighted by atomic mass is 32.1. The molecule has 3 aromatic rings. The van der Waals surface area contributed by atoms with Gasteiger partial charge in [-0.05, 0) is 66.3 Å². The van der Waals surface area contributed by atoms with Crippen LogP contribution in [-0.2, 0) is 23.2 Å². The Labute approximate surface area is 267 Å². The van der Waals surface area contributed by atoms with Crippen LogP contribution in [-0.4, -0.2) is 61.6 Å². The summed E-state index contributed by atoms with van der Waals surface area (Å²) in [6, 6.07) is 9.21. The van der Waals surface area contributed by atoms with Crippen LogP contribution >= 0.6 is 11.3 Å². The maximum atomic E-state index is 15.3. The Morgan fingerprint density at radius 2 is 1.78 bits per heavy atom. The molecule has 2 aromatic carbocycles. The average molecular weight is 641 g/mol. The van der Waals surface area contributed by atoms with Crippen LogP contribution in [0.25, 0.3) is 0 Å². The van der Waals surface area contributed by atoms with Gasteiger partial charge in [-0.2, -0.15) is 0 Å². The Bertz CT molecular complexity index is 1530. The van der Waals surface area contributed by atoms with Crippen molar-refractivity contribution >= 4 is 28.9 Å². The average Bonchev–Trinajstić information content (AvgIpc) is 3.62. The van der Waals surface area contributed by atoms with Gasteiger partial charge in [0.25, 0.3) is 0 Å². The molecule has 1 aliphatic rings. The van der Waals surface area contributed by atoms with Gasteiger partial charge in [-0.1, -0.05) is 26.8 Å². The number of aliphatic carboxylic acids is 1. The van der Waals surface area contributed by atoms with E-state index in [1.165, 1.54) is 24.0 Å². The number of carbonyl (C=O) groups is 2. The first kappa shape index (κ1) is 33.8. The summed E-state index contributed by atoms with van der Waals surface area (Å²) < 4.78 is 38.2. The number of aryl methyl sites for hydroxylation is 1. The minimum Gasteiger partial charge on any atom is -0.493 e. The van der Waals surface area contributed by atoms with E-state index in [2.05, 4.69) is 6.07 Å². The molecule has 9 nitrogen and oxygen atoms in total. The van der Waals surface area contributed by atoms with Gasteiger partial charge in [0.2, 0.25) is 0 Å². The van der Waals surface area contributed by atoms with E-state index in [-0.39, 0.29) is 48.2 Å². The number of thiophene rings is 1. The fourth-order valence-electron chi connectivity index (χ4n) is 5.24. The summed E-state index contributed by atoms with van der Waals surface area (Å²) in [4.78, 5) is 27.5. The van der Waals surface area contributed by atoms with Gasteiger partial charge < -0.3 is 29.0 Å². The number of carboxylic acids is 1. The molecule has 1 aliphatic heterocycles. The van der Waals surface area contributed by atoms with Crippen molar-refractivity contribution < 1.29 is 38.0 Å². The summed E-state index contributed by atoms with van der Waals surface area (Å²) in [5.74, 6) is -0.771. The normalized spacial score (nSPS) is 12.7. The lowest BCUT2D eigenvalue weighted by Crippen LogP contribution is -2.30. The maximum absolute atomic E-state index is 15.3. The number of nitrogens with zero attached hydrogens (tertiary/aromatic N) is 1. The molecule has 0 saturated heterocycles. The topological polar surface area (TPSA) is 118 Å². The van der Waals surface area contributed by atoms with Gasteiger partial charge in [-0.15, -0.1) is 11.3 Å². The smallest absolute Gasteiger partial charge is 0.303 e. The number of ketones is 1. The number of fused-ring (bicyclic) bond motifs is 1. The summed E-state index contributed by atoms with van der Waals surface area (Å²) in [7, 11) is 2.76. The minimum atomic E-state index is -0.849. The minimum absolute atomic E-state index is 0.0633. The number of hydrogen-bond acceptors (Lipinski definition) is 8. The molecule has 242 valence electrons. The predicted molar refractivity (Wildman–Crippen MR) is 171 cm³/mol. The zero-order valence-electron chi connectivity index (χ0n) is 26.5. The van der Waals surface area contributed by atoms with E-state index in [0.717, 1.165) is 18.4 Å². The number of unbranched alkanes of at least 4 members (excludes halogenated alkanes) is 1. The quantitative estimate of drug-likeness (QED) is 0.129. The molecule has 0 spiro atoms. The zero-order chi connectivity index (χ0) is 32.7. The molecule has 4 rings (SSSR count). The third-order valence-electron chi connectivity index (χ3n) is 7.56. The number of ether oxygens (including phenoxy) is 4. The molecule has 0 fully saturated rings. The molecule has 0 saturated carbocycles. The van der Waals surface area contributed by atoms with Gasteiger partial charge >= 0.3 is 5.97 Å². The van der Waals surface area contributed by atoms with E-state index in [1.807, 2.05) is 32.2 Å². The van der Waals surface area contributed by atoms with E-state index in [1.54, 1.807) is 29.5 Å². The highest BCUT2D eigenvalue weighted by Gasteiger charge is 2.33. The molecule has 0 aliphatic carbocycles. The molecule has 0 atom stereocenters. The molecule has 45 heavy (non-hydrogen) atoms. The standard InChI is InChI=1S/C34H41FN2O7S/c1-34(2,3)24-16-21(25(38)20-37-19-22-18-26(41-4)32(42-5)30(35)29(22)33(37)36)17-27(31(24)44-13-7-6-12-28(39)40)43-14-8-10-23-11-9-15-45-23/h9,11,15-18,36H,6-8,10,12-14,19-20H2,1-5H3,(H,39,40). The number of nitrogens with one attached hydrogen (secondary N) is 1. The second-order valence-corrected chi connectivity index (χ2v) is 13.0. The number of carbonyl (C=O) groups excluding carboxylic acids is 1.